The second-order valence-corrected chi connectivity index (χ2v) is 3.01. The van der Waals surface area contributed by atoms with E-state index in [1.165, 1.54) is 25.9 Å². The molecule has 0 aliphatic carbocycles. The molecule has 0 aliphatic rings. The van der Waals surface area contributed by atoms with Crippen molar-refractivity contribution in [2.45, 2.75) is 26.7 Å². The molecule has 1 N–H and O–H groups in total. The molecular weight excluding hydrogens is 136 g/mol. The van der Waals surface area contributed by atoms with Gasteiger partial charge in [0.25, 0.3) is 0 Å². The highest BCUT2D eigenvalue weighted by Crippen LogP contribution is 1.88. The lowest BCUT2D eigenvalue weighted by Crippen LogP contribution is -2.24. The van der Waals surface area contributed by atoms with Gasteiger partial charge in [0.05, 0.1) is 0 Å². The van der Waals surface area contributed by atoms with Gasteiger partial charge in [0.2, 0.25) is 0 Å². The summed E-state index contributed by atoms with van der Waals surface area (Å²) in [6.45, 7) is 9.07. The van der Waals surface area contributed by atoms with Crippen LogP contribution in [-0.2, 0) is 0 Å². The standard InChI is InChI=1S/C9H22N2/c1-4-8-11(3)9-6-7-10-5-2/h10H,4-9H2,1-3H3. The Hall–Kier alpha value is -0.0800. The summed E-state index contributed by atoms with van der Waals surface area (Å²) in [6, 6.07) is 0. The lowest BCUT2D eigenvalue weighted by molar-refractivity contribution is 0.328. The highest BCUT2D eigenvalue weighted by Gasteiger charge is 1.94. The molecule has 0 bridgehead atoms. The molecule has 11 heavy (non-hydrogen) atoms. The zero-order chi connectivity index (χ0) is 8.53. The third-order valence-electron chi connectivity index (χ3n) is 1.75. The van der Waals surface area contributed by atoms with Crippen LogP contribution in [0.15, 0.2) is 0 Å². The molecule has 0 fully saturated rings. The van der Waals surface area contributed by atoms with Crippen molar-refractivity contribution in [2.75, 3.05) is 33.2 Å². The summed E-state index contributed by atoms with van der Waals surface area (Å²) < 4.78 is 0. The largest absolute Gasteiger partial charge is 0.317 e. The quantitative estimate of drug-likeness (QED) is 0.562. The maximum Gasteiger partial charge on any atom is -0.000969 e. The summed E-state index contributed by atoms with van der Waals surface area (Å²) in [5.41, 5.74) is 0. The maximum absolute atomic E-state index is 3.32. The van der Waals surface area contributed by atoms with Crippen LogP contribution in [0.3, 0.4) is 0 Å². The zero-order valence-electron chi connectivity index (χ0n) is 8.19. The van der Waals surface area contributed by atoms with Crippen LogP contribution in [0.1, 0.15) is 26.7 Å². The molecule has 2 nitrogen and oxygen atoms in total. The fraction of sp³-hybridized carbons (Fsp3) is 1.00. The molecule has 0 unspecified atom stereocenters. The van der Waals surface area contributed by atoms with Gasteiger partial charge in [-0.25, -0.2) is 0 Å². The van der Waals surface area contributed by atoms with Crippen LogP contribution in [-0.4, -0.2) is 38.1 Å². The van der Waals surface area contributed by atoms with Gasteiger partial charge in [0, 0.05) is 0 Å². The van der Waals surface area contributed by atoms with Crippen molar-refractivity contribution in [3.8, 4) is 0 Å². The van der Waals surface area contributed by atoms with E-state index in [0.717, 1.165) is 13.1 Å². The van der Waals surface area contributed by atoms with E-state index in [9.17, 15) is 0 Å². The summed E-state index contributed by atoms with van der Waals surface area (Å²) in [5, 5.41) is 3.32. The van der Waals surface area contributed by atoms with Crippen LogP contribution in [0.2, 0.25) is 0 Å². The summed E-state index contributed by atoms with van der Waals surface area (Å²) >= 11 is 0. The molecule has 0 saturated carbocycles. The van der Waals surface area contributed by atoms with Gasteiger partial charge in [0.1, 0.15) is 0 Å². The van der Waals surface area contributed by atoms with E-state index in [-0.39, 0.29) is 0 Å². The maximum atomic E-state index is 3.32. The highest BCUT2D eigenvalue weighted by atomic mass is 15.1. The van der Waals surface area contributed by atoms with Gasteiger partial charge in [0.15, 0.2) is 0 Å². The van der Waals surface area contributed by atoms with Gasteiger partial charge in [-0.1, -0.05) is 13.8 Å². The van der Waals surface area contributed by atoms with Gasteiger partial charge in [-0.15, -0.1) is 0 Å². The number of rotatable bonds is 7. The normalized spacial score (nSPS) is 10.9. The molecule has 0 spiro atoms. The van der Waals surface area contributed by atoms with Crippen LogP contribution in [0.25, 0.3) is 0 Å². The van der Waals surface area contributed by atoms with Crippen LogP contribution >= 0.6 is 0 Å². The summed E-state index contributed by atoms with van der Waals surface area (Å²) in [4.78, 5) is 2.39. The van der Waals surface area contributed by atoms with Crippen LogP contribution in [0.5, 0.6) is 0 Å². The first-order valence-electron chi connectivity index (χ1n) is 4.70. The predicted octanol–water partition coefficient (Wildman–Crippen LogP) is 1.33. The lowest BCUT2D eigenvalue weighted by atomic mass is 10.3. The molecule has 0 radical (unpaired) electrons. The lowest BCUT2D eigenvalue weighted by Gasteiger charge is -2.14. The highest BCUT2D eigenvalue weighted by molar-refractivity contribution is 4.51. The number of nitrogens with one attached hydrogen (secondary N) is 1. The van der Waals surface area contributed by atoms with Gasteiger partial charge in [-0.2, -0.15) is 0 Å². The fourth-order valence-electron chi connectivity index (χ4n) is 1.14. The molecule has 0 amide bonds. The van der Waals surface area contributed by atoms with Crippen LogP contribution in [0, 0.1) is 0 Å². The van der Waals surface area contributed by atoms with E-state index < -0.39 is 0 Å². The van der Waals surface area contributed by atoms with E-state index in [2.05, 4.69) is 31.1 Å². The molecule has 2 heteroatoms. The number of hydrogen-bond acceptors (Lipinski definition) is 2. The minimum absolute atomic E-state index is 1.09. The van der Waals surface area contributed by atoms with Crippen LogP contribution < -0.4 is 5.32 Å². The molecule has 0 aliphatic heterocycles. The molecule has 0 atom stereocenters. The van der Waals surface area contributed by atoms with E-state index in [1.807, 2.05) is 0 Å². The van der Waals surface area contributed by atoms with Gasteiger partial charge < -0.3 is 10.2 Å². The summed E-state index contributed by atoms with van der Waals surface area (Å²) in [5.74, 6) is 0. The molecule has 0 saturated heterocycles. The Bertz CT molecular complexity index is 74.0. The average molecular weight is 158 g/mol. The Morgan fingerprint density at radius 1 is 1.18 bits per heavy atom. The molecule has 0 rings (SSSR count). The Balaban J connectivity index is 2.97. The van der Waals surface area contributed by atoms with E-state index in [0.29, 0.717) is 0 Å². The SMILES string of the molecule is CCCN(C)CCCNCC. The van der Waals surface area contributed by atoms with Crippen LogP contribution in [0.4, 0.5) is 0 Å². The zero-order valence-corrected chi connectivity index (χ0v) is 8.19. The van der Waals surface area contributed by atoms with Crippen molar-refractivity contribution in [2.24, 2.45) is 0 Å². The number of nitrogens with zero attached hydrogens (tertiary/aromatic N) is 1. The Labute approximate surface area is 71.0 Å². The average Bonchev–Trinajstić information content (AvgIpc) is 1.99. The van der Waals surface area contributed by atoms with Crippen molar-refractivity contribution in [1.29, 1.82) is 0 Å². The number of hydrogen-bond donors (Lipinski definition) is 1. The molecule has 68 valence electrons. The minimum Gasteiger partial charge on any atom is -0.317 e. The molecule has 0 aromatic rings. The minimum atomic E-state index is 1.09. The topological polar surface area (TPSA) is 15.3 Å². The Morgan fingerprint density at radius 3 is 2.45 bits per heavy atom. The summed E-state index contributed by atoms with van der Waals surface area (Å²) in [7, 11) is 2.19. The van der Waals surface area contributed by atoms with Gasteiger partial charge in [-0.05, 0) is 46.1 Å². The molecular formula is C9H22N2. The Morgan fingerprint density at radius 2 is 1.91 bits per heavy atom. The van der Waals surface area contributed by atoms with E-state index in [1.54, 1.807) is 0 Å². The monoisotopic (exact) mass is 158 g/mol. The van der Waals surface area contributed by atoms with Gasteiger partial charge in [-0.3, -0.25) is 0 Å². The molecule has 0 aromatic heterocycles. The first-order chi connectivity index (χ1) is 5.31. The first-order valence-corrected chi connectivity index (χ1v) is 4.70. The van der Waals surface area contributed by atoms with Gasteiger partial charge >= 0.3 is 0 Å². The predicted molar refractivity (Wildman–Crippen MR) is 50.9 cm³/mol. The van der Waals surface area contributed by atoms with Crippen molar-refractivity contribution >= 4 is 0 Å². The smallest absolute Gasteiger partial charge is 0.000969 e. The van der Waals surface area contributed by atoms with Crippen molar-refractivity contribution in [1.82, 2.24) is 10.2 Å². The first kappa shape index (κ1) is 10.9. The summed E-state index contributed by atoms with van der Waals surface area (Å²) in [6.07, 6.45) is 2.53. The Kier molecular flexibility index (Phi) is 7.96. The van der Waals surface area contributed by atoms with Crippen molar-refractivity contribution in [3.63, 3.8) is 0 Å². The van der Waals surface area contributed by atoms with Crippen molar-refractivity contribution in [3.05, 3.63) is 0 Å². The second-order valence-electron chi connectivity index (χ2n) is 3.01. The van der Waals surface area contributed by atoms with E-state index >= 15 is 0 Å². The third kappa shape index (κ3) is 7.82. The fourth-order valence-corrected chi connectivity index (χ4v) is 1.14. The van der Waals surface area contributed by atoms with E-state index in [4.69, 9.17) is 0 Å². The van der Waals surface area contributed by atoms with Crippen molar-refractivity contribution < 1.29 is 0 Å². The molecule has 0 aromatic carbocycles. The third-order valence-corrected chi connectivity index (χ3v) is 1.75. The molecule has 0 heterocycles. The second kappa shape index (κ2) is 8.02.